The van der Waals surface area contributed by atoms with Crippen molar-refractivity contribution in [2.75, 3.05) is 19.8 Å². The van der Waals surface area contributed by atoms with Crippen LogP contribution in [-0.4, -0.2) is 98.9 Å². The van der Waals surface area contributed by atoms with Crippen molar-refractivity contribution < 1.29 is 44.4 Å². The molecule has 0 aromatic rings. The lowest BCUT2D eigenvalue weighted by molar-refractivity contribution is -0.144. The molecule has 1 saturated heterocycles. The first-order valence-electron chi connectivity index (χ1n) is 8.95. The summed E-state index contributed by atoms with van der Waals surface area (Å²) < 4.78 is 0. The zero-order valence-electron chi connectivity index (χ0n) is 15.6. The molecule has 3 amide bonds. The molecule has 1 rings (SSSR count). The fourth-order valence-electron chi connectivity index (χ4n) is 2.84. The summed E-state index contributed by atoms with van der Waals surface area (Å²) in [5.41, 5.74) is 5.71. The Morgan fingerprint density at radius 3 is 2.17 bits per heavy atom. The van der Waals surface area contributed by atoms with Crippen molar-refractivity contribution in [1.29, 1.82) is 0 Å². The molecular formula is C16H26N4O9. The van der Waals surface area contributed by atoms with E-state index in [1.54, 1.807) is 0 Å². The largest absolute Gasteiger partial charge is 0.481 e. The van der Waals surface area contributed by atoms with Crippen LogP contribution in [0.15, 0.2) is 0 Å². The molecule has 0 aromatic heterocycles. The van der Waals surface area contributed by atoms with Gasteiger partial charge in [-0.2, -0.15) is 0 Å². The quantitative estimate of drug-likeness (QED) is 0.173. The molecule has 8 N–H and O–H groups in total. The van der Waals surface area contributed by atoms with Gasteiger partial charge in [0.05, 0.1) is 19.3 Å². The Morgan fingerprint density at radius 1 is 1.03 bits per heavy atom. The van der Waals surface area contributed by atoms with E-state index in [9.17, 15) is 29.1 Å². The summed E-state index contributed by atoms with van der Waals surface area (Å²) in [4.78, 5) is 59.7. The lowest BCUT2D eigenvalue weighted by atomic mass is 10.1. The molecule has 0 radical (unpaired) electrons. The van der Waals surface area contributed by atoms with Gasteiger partial charge in [0.2, 0.25) is 17.7 Å². The fourth-order valence-corrected chi connectivity index (χ4v) is 2.84. The standard InChI is InChI=1S/C16H26N4O9/c17-8(3-4-12(23)24)15(27)20-5-1-2-11(20)14(26)18-9(6-21)13(25)19-10(7-22)16(28)29/h8-11,21-22H,1-7,17H2,(H,18,26)(H,19,25)(H,23,24)(H,28,29). The van der Waals surface area contributed by atoms with Crippen molar-refractivity contribution in [2.45, 2.75) is 49.9 Å². The highest BCUT2D eigenvalue weighted by Gasteiger charge is 2.37. The van der Waals surface area contributed by atoms with Crippen LogP contribution >= 0.6 is 0 Å². The number of carbonyl (C=O) groups excluding carboxylic acids is 3. The molecular weight excluding hydrogens is 392 g/mol. The van der Waals surface area contributed by atoms with Gasteiger partial charge in [-0.15, -0.1) is 0 Å². The van der Waals surface area contributed by atoms with Crippen LogP contribution in [0.4, 0.5) is 0 Å². The minimum absolute atomic E-state index is 0.0988. The maximum absolute atomic E-state index is 12.5. The molecule has 4 unspecified atom stereocenters. The molecule has 1 fully saturated rings. The molecule has 1 aliphatic rings. The minimum Gasteiger partial charge on any atom is -0.481 e. The summed E-state index contributed by atoms with van der Waals surface area (Å²) >= 11 is 0. The normalized spacial score (nSPS) is 19.1. The van der Waals surface area contributed by atoms with E-state index in [1.807, 2.05) is 5.32 Å². The molecule has 1 aliphatic heterocycles. The Balaban J connectivity index is 2.74. The summed E-state index contributed by atoms with van der Waals surface area (Å²) in [5, 5.41) is 40.0. The molecule has 4 atom stereocenters. The SMILES string of the molecule is NC(CCC(=O)O)C(=O)N1CCCC1C(=O)NC(CO)C(=O)NC(CO)C(=O)O. The summed E-state index contributed by atoms with van der Waals surface area (Å²) in [6, 6.07) is -5.16. The molecule has 0 spiro atoms. The number of rotatable bonds is 11. The van der Waals surface area contributed by atoms with Gasteiger partial charge < -0.3 is 41.7 Å². The van der Waals surface area contributed by atoms with Crippen LogP contribution in [0.25, 0.3) is 0 Å². The predicted octanol–water partition coefficient (Wildman–Crippen LogP) is -3.79. The predicted molar refractivity (Wildman–Crippen MR) is 95.2 cm³/mol. The number of nitrogens with zero attached hydrogens (tertiary/aromatic N) is 1. The Kier molecular flexibility index (Phi) is 9.44. The van der Waals surface area contributed by atoms with Crippen LogP contribution < -0.4 is 16.4 Å². The van der Waals surface area contributed by atoms with Crippen LogP contribution in [0, 0.1) is 0 Å². The van der Waals surface area contributed by atoms with Crippen LogP contribution in [0.5, 0.6) is 0 Å². The number of carboxylic acids is 2. The van der Waals surface area contributed by atoms with Crippen LogP contribution in [0.1, 0.15) is 25.7 Å². The van der Waals surface area contributed by atoms with E-state index in [1.165, 1.54) is 4.90 Å². The first kappa shape index (κ1) is 24.3. The van der Waals surface area contributed by atoms with Crippen molar-refractivity contribution in [3.8, 4) is 0 Å². The summed E-state index contributed by atoms with van der Waals surface area (Å²) in [7, 11) is 0. The number of hydrogen-bond acceptors (Lipinski definition) is 8. The van der Waals surface area contributed by atoms with Gasteiger partial charge in [0.1, 0.15) is 18.1 Å². The third-order valence-corrected chi connectivity index (χ3v) is 4.44. The Morgan fingerprint density at radius 2 is 1.66 bits per heavy atom. The van der Waals surface area contributed by atoms with Crippen molar-refractivity contribution >= 4 is 29.7 Å². The second kappa shape index (κ2) is 11.3. The molecule has 13 nitrogen and oxygen atoms in total. The molecule has 0 saturated carbocycles. The number of aliphatic hydroxyl groups is 2. The van der Waals surface area contributed by atoms with E-state index < -0.39 is 67.0 Å². The van der Waals surface area contributed by atoms with E-state index in [4.69, 9.17) is 21.1 Å². The number of nitrogens with one attached hydrogen (secondary N) is 2. The van der Waals surface area contributed by atoms with Gasteiger partial charge in [0.25, 0.3) is 0 Å². The first-order chi connectivity index (χ1) is 13.6. The maximum atomic E-state index is 12.5. The number of likely N-dealkylation sites (tertiary alicyclic amines) is 1. The molecule has 13 heteroatoms. The van der Waals surface area contributed by atoms with E-state index >= 15 is 0 Å². The van der Waals surface area contributed by atoms with Crippen LogP contribution in [0.2, 0.25) is 0 Å². The molecule has 1 heterocycles. The number of amides is 3. The highest BCUT2D eigenvalue weighted by Crippen LogP contribution is 2.19. The third kappa shape index (κ3) is 6.96. The molecule has 164 valence electrons. The summed E-state index contributed by atoms with van der Waals surface area (Å²) in [5.74, 6) is -4.96. The second-order valence-electron chi connectivity index (χ2n) is 6.55. The molecule has 29 heavy (non-hydrogen) atoms. The number of carbonyl (C=O) groups is 5. The number of carboxylic acid groups (broad SMARTS) is 2. The van der Waals surface area contributed by atoms with Gasteiger partial charge in [-0.25, -0.2) is 4.79 Å². The van der Waals surface area contributed by atoms with Gasteiger partial charge in [-0.3, -0.25) is 19.2 Å². The lowest BCUT2D eigenvalue weighted by Crippen LogP contribution is -2.58. The second-order valence-corrected chi connectivity index (χ2v) is 6.55. The number of hydrogen-bond donors (Lipinski definition) is 7. The zero-order chi connectivity index (χ0) is 22.1. The number of aliphatic carboxylic acids is 2. The average Bonchev–Trinajstić information content (AvgIpc) is 3.16. The highest BCUT2D eigenvalue weighted by atomic mass is 16.4. The lowest BCUT2D eigenvalue weighted by Gasteiger charge is -2.28. The number of nitrogens with two attached hydrogens (primary N) is 1. The zero-order valence-corrected chi connectivity index (χ0v) is 15.6. The number of aliphatic hydroxyl groups excluding tert-OH is 2. The van der Waals surface area contributed by atoms with Crippen molar-refractivity contribution in [3.05, 3.63) is 0 Å². The highest BCUT2D eigenvalue weighted by molar-refractivity contribution is 5.94. The molecule has 0 bridgehead atoms. The summed E-state index contributed by atoms with van der Waals surface area (Å²) in [6.45, 7) is -1.50. The van der Waals surface area contributed by atoms with Crippen LogP contribution in [-0.2, 0) is 24.0 Å². The van der Waals surface area contributed by atoms with Gasteiger partial charge in [0.15, 0.2) is 0 Å². The minimum atomic E-state index is -1.61. The van der Waals surface area contributed by atoms with Gasteiger partial charge in [-0.05, 0) is 19.3 Å². The van der Waals surface area contributed by atoms with E-state index in [2.05, 4.69) is 5.32 Å². The van der Waals surface area contributed by atoms with Crippen molar-refractivity contribution in [1.82, 2.24) is 15.5 Å². The third-order valence-electron chi connectivity index (χ3n) is 4.44. The van der Waals surface area contributed by atoms with Crippen molar-refractivity contribution in [3.63, 3.8) is 0 Å². The Bertz CT molecular complexity index is 642. The summed E-state index contributed by atoms with van der Waals surface area (Å²) in [6.07, 6.45) is 0.354. The van der Waals surface area contributed by atoms with Crippen LogP contribution in [0.3, 0.4) is 0 Å². The van der Waals surface area contributed by atoms with Gasteiger partial charge >= 0.3 is 11.9 Å². The van der Waals surface area contributed by atoms with Gasteiger partial charge in [-0.1, -0.05) is 0 Å². The van der Waals surface area contributed by atoms with Gasteiger partial charge in [0, 0.05) is 13.0 Å². The van der Waals surface area contributed by atoms with E-state index in [0.29, 0.717) is 6.42 Å². The molecule has 0 aliphatic carbocycles. The maximum Gasteiger partial charge on any atom is 0.328 e. The molecule has 0 aromatic carbocycles. The van der Waals surface area contributed by atoms with Crippen molar-refractivity contribution in [2.24, 2.45) is 5.73 Å². The Labute approximate surface area is 165 Å². The smallest absolute Gasteiger partial charge is 0.328 e. The fraction of sp³-hybridized carbons (Fsp3) is 0.688. The van der Waals surface area contributed by atoms with E-state index in [0.717, 1.165) is 0 Å². The van der Waals surface area contributed by atoms with E-state index in [-0.39, 0.29) is 25.8 Å². The Hall–Kier alpha value is -2.77. The average molecular weight is 418 g/mol. The monoisotopic (exact) mass is 418 g/mol. The topological polar surface area (TPSA) is 220 Å². The first-order valence-corrected chi connectivity index (χ1v) is 8.95.